The Labute approximate surface area is 418 Å². The van der Waals surface area contributed by atoms with Crippen molar-refractivity contribution in [1.29, 1.82) is 0 Å². The van der Waals surface area contributed by atoms with Gasteiger partial charge in [-0.15, -0.1) is 0 Å². The number of aliphatic hydroxyl groups is 2. The SMILES string of the molecule is CCCCC/C=C\C/C=C\CCCCCCCCCCCC(=O)OCCCCCCCCCCCCCCCCCC(=O)NC(CO)C(O)CCCCCCCCCCCCCCCCCC. The van der Waals surface area contributed by atoms with Crippen LogP contribution in [-0.2, 0) is 14.3 Å². The third-order valence-corrected chi connectivity index (χ3v) is 14.0. The predicted octanol–water partition coefficient (Wildman–Crippen LogP) is 18.6. The van der Waals surface area contributed by atoms with Crippen LogP contribution in [0.5, 0.6) is 0 Å². The number of carbonyl (C=O) groups excluding carboxylic acids is 2. The predicted molar refractivity (Wildman–Crippen MR) is 292 cm³/mol. The number of hydrogen-bond acceptors (Lipinski definition) is 5. The van der Waals surface area contributed by atoms with E-state index in [9.17, 15) is 19.8 Å². The Morgan fingerprint density at radius 2 is 0.746 bits per heavy atom. The number of carbonyl (C=O) groups is 2. The van der Waals surface area contributed by atoms with Gasteiger partial charge in [0.25, 0.3) is 0 Å². The van der Waals surface area contributed by atoms with Crippen LogP contribution >= 0.6 is 0 Å². The summed E-state index contributed by atoms with van der Waals surface area (Å²) >= 11 is 0. The molecule has 0 heterocycles. The van der Waals surface area contributed by atoms with Gasteiger partial charge in [-0.2, -0.15) is 0 Å². The smallest absolute Gasteiger partial charge is 0.305 e. The highest BCUT2D eigenvalue weighted by atomic mass is 16.5. The minimum absolute atomic E-state index is 0.00248. The molecule has 1 amide bonds. The molecular formula is C61H117NO5. The van der Waals surface area contributed by atoms with Crippen LogP contribution in [0.15, 0.2) is 24.3 Å². The van der Waals surface area contributed by atoms with Crippen LogP contribution in [0.3, 0.4) is 0 Å². The average molecular weight is 945 g/mol. The highest BCUT2D eigenvalue weighted by Gasteiger charge is 2.20. The van der Waals surface area contributed by atoms with E-state index in [1.165, 1.54) is 238 Å². The second kappa shape index (κ2) is 56.9. The van der Waals surface area contributed by atoms with Crippen molar-refractivity contribution in [2.45, 2.75) is 341 Å². The van der Waals surface area contributed by atoms with Gasteiger partial charge in [0.15, 0.2) is 0 Å². The molecule has 0 spiro atoms. The summed E-state index contributed by atoms with van der Waals surface area (Å²) in [5, 5.41) is 23.3. The van der Waals surface area contributed by atoms with Crippen LogP contribution in [0.25, 0.3) is 0 Å². The van der Waals surface area contributed by atoms with E-state index in [0.29, 0.717) is 25.9 Å². The number of allylic oxidation sites excluding steroid dienone is 4. The molecule has 0 aliphatic rings. The molecule has 3 N–H and O–H groups in total. The molecule has 0 aromatic carbocycles. The zero-order valence-corrected chi connectivity index (χ0v) is 45.1. The molecule has 0 aliphatic carbocycles. The summed E-state index contributed by atoms with van der Waals surface area (Å²) in [6, 6.07) is -0.548. The largest absolute Gasteiger partial charge is 0.466 e. The summed E-state index contributed by atoms with van der Waals surface area (Å²) in [5.74, 6) is -0.0440. The molecule has 0 aromatic rings. The summed E-state index contributed by atoms with van der Waals surface area (Å²) in [5.41, 5.74) is 0. The van der Waals surface area contributed by atoms with Gasteiger partial charge in [-0.3, -0.25) is 9.59 Å². The number of rotatable bonds is 56. The fraction of sp³-hybridized carbons (Fsp3) is 0.902. The van der Waals surface area contributed by atoms with Crippen molar-refractivity contribution in [3.8, 4) is 0 Å². The van der Waals surface area contributed by atoms with Crippen LogP contribution in [0.2, 0.25) is 0 Å². The Hall–Kier alpha value is -1.66. The fourth-order valence-corrected chi connectivity index (χ4v) is 9.38. The Morgan fingerprint density at radius 3 is 1.16 bits per heavy atom. The number of aliphatic hydroxyl groups excluding tert-OH is 2. The van der Waals surface area contributed by atoms with E-state index >= 15 is 0 Å². The first-order valence-corrected chi connectivity index (χ1v) is 30.1. The highest BCUT2D eigenvalue weighted by Crippen LogP contribution is 2.18. The molecule has 6 heteroatoms. The second-order valence-electron chi connectivity index (χ2n) is 20.7. The first-order valence-electron chi connectivity index (χ1n) is 30.1. The molecule has 67 heavy (non-hydrogen) atoms. The lowest BCUT2D eigenvalue weighted by atomic mass is 10.0. The van der Waals surface area contributed by atoms with Gasteiger partial charge >= 0.3 is 5.97 Å². The summed E-state index contributed by atoms with van der Waals surface area (Å²) in [7, 11) is 0. The molecular weight excluding hydrogens is 827 g/mol. The quantitative estimate of drug-likeness (QED) is 0.0321. The van der Waals surface area contributed by atoms with Crippen LogP contribution in [-0.4, -0.2) is 47.4 Å². The van der Waals surface area contributed by atoms with Crippen molar-refractivity contribution in [2.75, 3.05) is 13.2 Å². The van der Waals surface area contributed by atoms with Crippen LogP contribution in [0.1, 0.15) is 328 Å². The number of ether oxygens (including phenoxy) is 1. The number of nitrogens with one attached hydrogen (secondary N) is 1. The number of hydrogen-bond donors (Lipinski definition) is 3. The second-order valence-corrected chi connectivity index (χ2v) is 20.7. The Kier molecular flexibility index (Phi) is 55.5. The molecule has 0 saturated carbocycles. The van der Waals surface area contributed by atoms with E-state index in [-0.39, 0.29) is 18.5 Å². The maximum atomic E-state index is 12.5. The van der Waals surface area contributed by atoms with Gasteiger partial charge in [-0.25, -0.2) is 0 Å². The Balaban J connectivity index is 3.41. The minimum atomic E-state index is -0.670. The Bertz CT molecular complexity index is 1040. The molecule has 0 rings (SSSR count). The number of amides is 1. The zero-order valence-electron chi connectivity index (χ0n) is 45.1. The van der Waals surface area contributed by atoms with Crippen molar-refractivity contribution in [1.82, 2.24) is 5.32 Å². The first-order chi connectivity index (χ1) is 33.0. The van der Waals surface area contributed by atoms with Gasteiger partial charge in [-0.1, -0.05) is 282 Å². The molecule has 396 valence electrons. The van der Waals surface area contributed by atoms with Gasteiger partial charge < -0.3 is 20.3 Å². The van der Waals surface area contributed by atoms with Crippen LogP contribution in [0, 0.1) is 0 Å². The molecule has 0 aliphatic heterocycles. The monoisotopic (exact) mass is 944 g/mol. The molecule has 0 fully saturated rings. The summed E-state index contributed by atoms with van der Waals surface area (Å²) in [6.45, 7) is 4.93. The lowest BCUT2D eigenvalue weighted by Crippen LogP contribution is -2.45. The van der Waals surface area contributed by atoms with E-state index in [2.05, 4.69) is 43.5 Å². The van der Waals surface area contributed by atoms with Crippen molar-refractivity contribution in [3.63, 3.8) is 0 Å². The van der Waals surface area contributed by atoms with Crippen LogP contribution < -0.4 is 5.32 Å². The van der Waals surface area contributed by atoms with E-state index in [1.54, 1.807) is 0 Å². The van der Waals surface area contributed by atoms with Gasteiger partial charge in [0.2, 0.25) is 5.91 Å². The summed E-state index contributed by atoms with van der Waals surface area (Å²) in [6.07, 6.45) is 68.8. The number of unbranched alkanes of at least 4 members (excludes halogenated alkanes) is 41. The van der Waals surface area contributed by atoms with Gasteiger partial charge in [-0.05, 0) is 57.8 Å². The molecule has 6 nitrogen and oxygen atoms in total. The van der Waals surface area contributed by atoms with Crippen molar-refractivity contribution >= 4 is 11.9 Å². The maximum Gasteiger partial charge on any atom is 0.305 e. The summed E-state index contributed by atoms with van der Waals surface area (Å²) < 4.78 is 5.49. The zero-order chi connectivity index (χ0) is 48.6. The average Bonchev–Trinajstić information content (AvgIpc) is 3.33. The van der Waals surface area contributed by atoms with Crippen molar-refractivity contribution in [2.24, 2.45) is 0 Å². The summed E-state index contributed by atoms with van der Waals surface area (Å²) in [4.78, 5) is 24.6. The lowest BCUT2D eigenvalue weighted by molar-refractivity contribution is -0.143. The fourth-order valence-electron chi connectivity index (χ4n) is 9.38. The lowest BCUT2D eigenvalue weighted by Gasteiger charge is -2.22. The van der Waals surface area contributed by atoms with Crippen molar-refractivity contribution in [3.05, 3.63) is 24.3 Å². The molecule has 0 aromatic heterocycles. The molecule has 0 bridgehead atoms. The first kappa shape index (κ1) is 65.3. The normalized spacial score (nSPS) is 12.7. The van der Waals surface area contributed by atoms with E-state index in [1.807, 2.05) is 0 Å². The van der Waals surface area contributed by atoms with E-state index < -0.39 is 12.1 Å². The highest BCUT2D eigenvalue weighted by molar-refractivity contribution is 5.76. The molecule has 0 saturated heterocycles. The Morgan fingerprint density at radius 1 is 0.418 bits per heavy atom. The standard InChI is InChI=1S/C61H117NO5/c1-3-5-7-9-11-13-15-17-19-21-22-23-27-31-35-39-43-47-51-55-61(66)67-56-52-48-44-40-36-32-28-24-26-30-34-38-42-46-50-54-60(65)62-58(57-63)59(64)53-49-45-41-37-33-29-25-20-18-16-14-12-10-8-6-4-2/h11,13,17,19,58-59,63-64H,3-10,12,14-16,18,20-57H2,1-2H3,(H,62,65)/b13-11-,19-17-. The molecule has 2 atom stereocenters. The van der Waals surface area contributed by atoms with Crippen LogP contribution in [0.4, 0.5) is 0 Å². The minimum Gasteiger partial charge on any atom is -0.466 e. The van der Waals surface area contributed by atoms with E-state index in [0.717, 1.165) is 57.8 Å². The topological polar surface area (TPSA) is 95.9 Å². The van der Waals surface area contributed by atoms with E-state index in [4.69, 9.17) is 4.74 Å². The maximum absolute atomic E-state index is 12.5. The molecule has 0 radical (unpaired) electrons. The van der Waals surface area contributed by atoms with Gasteiger partial charge in [0.05, 0.1) is 25.4 Å². The van der Waals surface area contributed by atoms with Crippen molar-refractivity contribution < 1.29 is 24.5 Å². The third-order valence-electron chi connectivity index (χ3n) is 14.0. The molecule has 2 unspecified atom stereocenters. The van der Waals surface area contributed by atoms with Gasteiger partial charge in [0.1, 0.15) is 0 Å². The third kappa shape index (κ3) is 53.5. The number of esters is 1. The van der Waals surface area contributed by atoms with Gasteiger partial charge in [0, 0.05) is 12.8 Å².